The monoisotopic (exact) mass is 622 g/mol. The number of primary amides is 1. The molecule has 0 radical (unpaired) electrons. The van der Waals surface area contributed by atoms with Crippen molar-refractivity contribution in [2.75, 3.05) is 43.7 Å². The first-order valence-corrected chi connectivity index (χ1v) is 15.5. The molecule has 1 aliphatic heterocycles. The molecule has 1 saturated heterocycles. The van der Waals surface area contributed by atoms with E-state index in [9.17, 15) is 35.9 Å². The van der Waals surface area contributed by atoms with E-state index in [4.69, 9.17) is 10.5 Å². The third-order valence-electron chi connectivity index (χ3n) is 7.87. The lowest BCUT2D eigenvalue weighted by molar-refractivity contribution is -0.137. The van der Waals surface area contributed by atoms with Gasteiger partial charge in [-0.1, -0.05) is 31.2 Å². The van der Waals surface area contributed by atoms with E-state index in [1.54, 1.807) is 37.3 Å². The Morgan fingerprint density at radius 3 is 2.33 bits per heavy atom. The van der Waals surface area contributed by atoms with E-state index in [0.717, 1.165) is 17.7 Å². The van der Waals surface area contributed by atoms with Crippen LogP contribution in [-0.2, 0) is 20.8 Å². The summed E-state index contributed by atoms with van der Waals surface area (Å²) >= 11 is 0. The van der Waals surface area contributed by atoms with Gasteiger partial charge in [0.05, 0.1) is 42.1 Å². The second-order valence-corrected chi connectivity index (χ2v) is 12.7. The summed E-state index contributed by atoms with van der Waals surface area (Å²) in [7, 11) is -3.44. The van der Waals surface area contributed by atoms with Crippen LogP contribution in [0.3, 0.4) is 0 Å². The van der Waals surface area contributed by atoms with Gasteiger partial charge in [-0.05, 0) is 65.6 Å². The minimum absolute atomic E-state index is 0.0663. The SMILES string of the molecule is CCS(=O)(=O)c1ccc([C@@H](CO)c2cc(N3CC(c4ccc(C(F)(F)F)cc4)C[C@H]3COCCF)ccc2C(N)=O)cc1. The van der Waals surface area contributed by atoms with Crippen LogP contribution in [0, 0.1) is 0 Å². The number of alkyl halides is 4. The molecule has 4 rings (SSSR count). The van der Waals surface area contributed by atoms with Gasteiger partial charge in [0, 0.05) is 29.6 Å². The van der Waals surface area contributed by atoms with Crippen molar-refractivity contribution in [3.63, 3.8) is 0 Å². The molecule has 0 spiro atoms. The molecule has 3 aromatic carbocycles. The van der Waals surface area contributed by atoms with Gasteiger partial charge in [-0.2, -0.15) is 13.2 Å². The van der Waals surface area contributed by atoms with Crippen LogP contribution >= 0.6 is 0 Å². The molecule has 3 N–H and O–H groups in total. The van der Waals surface area contributed by atoms with Gasteiger partial charge in [0.1, 0.15) is 6.67 Å². The summed E-state index contributed by atoms with van der Waals surface area (Å²) in [5.41, 5.74) is 7.51. The minimum atomic E-state index is -4.45. The molecule has 12 heteroatoms. The van der Waals surface area contributed by atoms with Gasteiger partial charge in [0.25, 0.3) is 0 Å². The number of carbonyl (C=O) groups excluding carboxylic acids is 1. The largest absolute Gasteiger partial charge is 0.416 e. The van der Waals surface area contributed by atoms with Crippen LogP contribution in [0.25, 0.3) is 0 Å². The number of carbonyl (C=O) groups is 1. The summed E-state index contributed by atoms with van der Waals surface area (Å²) in [6, 6.07) is 15.8. The van der Waals surface area contributed by atoms with Crippen LogP contribution in [0.1, 0.15) is 57.8 Å². The van der Waals surface area contributed by atoms with Crippen molar-refractivity contribution in [3.8, 4) is 0 Å². The van der Waals surface area contributed by atoms with Crippen molar-refractivity contribution < 1.29 is 40.6 Å². The van der Waals surface area contributed by atoms with Gasteiger partial charge in [-0.25, -0.2) is 12.8 Å². The summed E-state index contributed by atoms with van der Waals surface area (Å²) in [5, 5.41) is 10.4. The Morgan fingerprint density at radius 1 is 1.09 bits per heavy atom. The molecule has 3 atom stereocenters. The van der Waals surface area contributed by atoms with Gasteiger partial charge >= 0.3 is 6.18 Å². The Labute approximate surface area is 248 Å². The maximum absolute atomic E-state index is 13.1. The van der Waals surface area contributed by atoms with Crippen LogP contribution in [0.5, 0.6) is 0 Å². The molecule has 232 valence electrons. The van der Waals surface area contributed by atoms with E-state index >= 15 is 0 Å². The molecule has 0 aromatic heterocycles. The molecule has 3 aromatic rings. The van der Waals surface area contributed by atoms with Crippen molar-refractivity contribution in [1.82, 2.24) is 0 Å². The van der Waals surface area contributed by atoms with Crippen LogP contribution < -0.4 is 10.6 Å². The van der Waals surface area contributed by atoms with Gasteiger partial charge in [-0.3, -0.25) is 4.79 Å². The van der Waals surface area contributed by atoms with E-state index in [1.165, 1.54) is 24.3 Å². The fraction of sp³-hybridized carbons (Fsp3) is 0.387. The zero-order valence-corrected chi connectivity index (χ0v) is 24.4. The number of hydrogen-bond donors (Lipinski definition) is 2. The molecule has 1 aliphatic rings. The van der Waals surface area contributed by atoms with E-state index < -0.39 is 46.7 Å². The van der Waals surface area contributed by atoms with Crippen LogP contribution in [0.15, 0.2) is 71.6 Å². The van der Waals surface area contributed by atoms with Crippen molar-refractivity contribution in [3.05, 3.63) is 94.5 Å². The summed E-state index contributed by atoms with van der Waals surface area (Å²) in [6.45, 7) is 0.963. The molecule has 0 aliphatic carbocycles. The Kier molecular flexibility index (Phi) is 10.1. The Hall–Kier alpha value is -3.48. The molecule has 1 amide bonds. The van der Waals surface area contributed by atoms with E-state index in [1.807, 2.05) is 4.90 Å². The number of benzene rings is 3. The topological polar surface area (TPSA) is 110 Å². The lowest BCUT2D eigenvalue weighted by Gasteiger charge is -2.28. The van der Waals surface area contributed by atoms with E-state index in [0.29, 0.717) is 29.8 Å². The number of aliphatic hydroxyl groups is 1. The normalized spacial score (nSPS) is 18.1. The number of anilines is 1. The molecular weight excluding hydrogens is 588 g/mol. The van der Waals surface area contributed by atoms with Gasteiger partial charge in [0.2, 0.25) is 5.91 Å². The van der Waals surface area contributed by atoms with Crippen molar-refractivity contribution in [1.29, 1.82) is 0 Å². The first-order chi connectivity index (χ1) is 20.4. The average Bonchev–Trinajstić information content (AvgIpc) is 3.41. The quantitative estimate of drug-likeness (QED) is 0.216. The third kappa shape index (κ3) is 7.36. The lowest BCUT2D eigenvalue weighted by atomic mass is 9.88. The second-order valence-electron chi connectivity index (χ2n) is 10.5. The summed E-state index contributed by atoms with van der Waals surface area (Å²) < 4.78 is 82.2. The number of hydrogen-bond acceptors (Lipinski definition) is 6. The highest BCUT2D eigenvalue weighted by Gasteiger charge is 2.35. The number of nitrogens with zero attached hydrogens (tertiary/aromatic N) is 1. The van der Waals surface area contributed by atoms with Gasteiger partial charge in [0.15, 0.2) is 9.84 Å². The molecule has 1 unspecified atom stereocenters. The predicted octanol–water partition coefficient (Wildman–Crippen LogP) is 5.07. The first-order valence-electron chi connectivity index (χ1n) is 13.8. The fourth-order valence-corrected chi connectivity index (χ4v) is 6.43. The molecule has 43 heavy (non-hydrogen) atoms. The summed E-state index contributed by atoms with van der Waals surface area (Å²) in [5.74, 6) is -1.64. The predicted molar refractivity (Wildman–Crippen MR) is 155 cm³/mol. The summed E-state index contributed by atoms with van der Waals surface area (Å²) in [4.78, 5) is 14.6. The Balaban J connectivity index is 1.70. The number of ether oxygens (including phenoxy) is 1. The molecule has 7 nitrogen and oxygen atoms in total. The highest BCUT2D eigenvalue weighted by molar-refractivity contribution is 7.91. The van der Waals surface area contributed by atoms with Crippen molar-refractivity contribution >= 4 is 21.4 Å². The molecular formula is C31H34F4N2O5S. The maximum Gasteiger partial charge on any atom is 0.416 e. The van der Waals surface area contributed by atoms with Gasteiger partial charge in [-0.15, -0.1) is 0 Å². The summed E-state index contributed by atoms with van der Waals surface area (Å²) in [6.07, 6.45) is -3.92. The van der Waals surface area contributed by atoms with Crippen LogP contribution in [0.4, 0.5) is 23.2 Å². The lowest BCUT2D eigenvalue weighted by Crippen LogP contribution is -2.33. The zero-order chi connectivity index (χ0) is 31.4. The third-order valence-corrected chi connectivity index (χ3v) is 9.62. The number of amides is 1. The number of aliphatic hydroxyl groups excluding tert-OH is 1. The highest BCUT2D eigenvalue weighted by atomic mass is 32.2. The molecule has 1 fully saturated rings. The highest BCUT2D eigenvalue weighted by Crippen LogP contribution is 2.39. The second kappa shape index (κ2) is 13.4. The average molecular weight is 623 g/mol. The van der Waals surface area contributed by atoms with E-state index in [-0.39, 0.29) is 41.4 Å². The Bertz CT molecular complexity index is 1510. The number of halogens is 4. The molecule has 0 saturated carbocycles. The van der Waals surface area contributed by atoms with Crippen molar-refractivity contribution in [2.24, 2.45) is 5.73 Å². The number of nitrogens with two attached hydrogens (primary N) is 1. The number of rotatable bonds is 12. The molecule has 0 bridgehead atoms. The smallest absolute Gasteiger partial charge is 0.395 e. The van der Waals surface area contributed by atoms with Crippen molar-refractivity contribution in [2.45, 2.75) is 42.3 Å². The van der Waals surface area contributed by atoms with Gasteiger partial charge < -0.3 is 20.5 Å². The molecule has 1 heterocycles. The Morgan fingerprint density at radius 2 is 1.77 bits per heavy atom. The maximum atomic E-state index is 13.1. The van der Waals surface area contributed by atoms with Crippen LogP contribution in [0.2, 0.25) is 0 Å². The van der Waals surface area contributed by atoms with Crippen LogP contribution in [-0.4, -0.2) is 64.3 Å². The fourth-order valence-electron chi connectivity index (χ4n) is 5.55. The standard InChI is InChI=1S/C31H34F4N2O5S/c1-2-43(40,41)26-10-5-21(6-11-26)29(18-38)28-16-24(9-12-27(28)30(36)39)37-17-22(15-25(37)19-42-14-13-32)20-3-7-23(8-4-20)31(33,34)35/h3-12,16,22,25,29,38H,2,13-15,17-19H2,1H3,(H2,36,39)/t22?,25-,29+/m0/s1. The zero-order valence-electron chi connectivity index (χ0n) is 23.6. The van der Waals surface area contributed by atoms with E-state index in [2.05, 4.69) is 0 Å². The minimum Gasteiger partial charge on any atom is -0.395 e. The first kappa shape index (κ1) is 32.4. The number of sulfone groups is 1.